The van der Waals surface area contributed by atoms with Crippen LogP contribution in [-0.2, 0) is 9.53 Å². The van der Waals surface area contributed by atoms with Gasteiger partial charge in [0.2, 0.25) is 5.91 Å². The van der Waals surface area contributed by atoms with Crippen LogP contribution in [0.25, 0.3) is 0 Å². The number of hydrogen-bond donors (Lipinski definition) is 2. The molecule has 0 spiro atoms. The normalized spacial score (nSPS) is 17.2. The van der Waals surface area contributed by atoms with Crippen LogP contribution in [0.15, 0.2) is 18.2 Å². The van der Waals surface area contributed by atoms with Crippen molar-refractivity contribution in [2.24, 2.45) is 0 Å². The van der Waals surface area contributed by atoms with Crippen LogP contribution in [0.1, 0.15) is 24.9 Å². The molecule has 0 bridgehead atoms. The number of nitrogens with one attached hydrogen (secondary N) is 2. The lowest BCUT2D eigenvalue weighted by atomic mass is 10.1. The van der Waals surface area contributed by atoms with Gasteiger partial charge in [0.1, 0.15) is 11.8 Å². The molecule has 1 aliphatic rings. The van der Waals surface area contributed by atoms with E-state index in [0.29, 0.717) is 13.2 Å². The van der Waals surface area contributed by atoms with Gasteiger partial charge < -0.3 is 20.1 Å². The number of rotatable bonds is 7. The second kappa shape index (κ2) is 6.54. The van der Waals surface area contributed by atoms with Crippen molar-refractivity contribution in [3.8, 4) is 5.75 Å². The second-order valence-electron chi connectivity index (χ2n) is 4.42. The Morgan fingerprint density at radius 1 is 1.37 bits per heavy atom. The Labute approximate surface area is 113 Å². The zero-order valence-corrected chi connectivity index (χ0v) is 11.4. The summed E-state index contributed by atoms with van der Waals surface area (Å²) in [6, 6.07) is 5.46. The Kier molecular flexibility index (Phi) is 4.76. The summed E-state index contributed by atoms with van der Waals surface area (Å²) in [5.74, 6) is 0.765. The van der Waals surface area contributed by atoms with E-state index in [2.05, 4.69) is 10.6 Å². The van der Waals surface area contributed by atoms with Gasteiger partial charge in [-0.25, -0.2) is 0 Å². The van der Waals surface area contributed by atoms with Crippen LogP contribution in [0.4, 0.5) is 5.69 Å². The monoisotopic (exact) mass is 264 g/mol. The molecule has 0 fully saturated rings. The number of benzene rings is 1. The number of methoxy groups -OCH3 is 1. The fraction of sp³-hybridized carbons (Fsp3) is 0.500. The first-order chi connectivity index (χ1) is 9.26. The van der Waals surface area contributed by atoms with Crippen molar-refractivity contribution >= 4 is 11.6 Å². The molecule has 19 heavy (non-hydrogen) atoms. The van der Waals surface area contributed by atoms with Gasteiger partial charge in [-0.3, -0.25) is 4.79 Å². The minimum Gasteiger partial charge on any atom is -0.493 e. The lowest BCUT2D eigenvalue weighted by Gasteiger charge is -2.10. The average Bonchev–Trinajstić information content (AvgIpc) is 2.71. The van der Waals surface area contributed by atoms with Crippen LogP contribution in [0, 0.1) is 0 Å². The molecule has 5 heteroatoms. The molecule has 1 aromatic rings. The van der Waals surface area contributed by atoms with Crippen LogP contribution in [-0.4, -0.2) is 32.8 Å². The van der Waals surface area contributed by atoms with Crippen LogP contribution >= 0.6 is 0 Å². The van der Waals surface area contributed by atoms with E-state index in [1.54, 1.807) is 7.11 Å². The minimum atomic E-state index is -0.248. The molecule has 104 valence electrons. The van der Waals surface area contributed by atoms with Gasteiger partial charge in [-0.15, -0.1) is 0 Å². The van der Waals surface area contributed by atoms with Gasteiger partial charge in [0, 0.05) is 37.5 Å². The summed E-state index contributed by atoms with van der Waals surface area (Å²) in [5, 5.41) is 6.03. The highest BCUT2D eigenvalue weighted by molar-refractivity contribution is 6.02. The number of fused-ring (bicyclic) bond motifs is 1. The third-order valence-corrected chi connectivity index (χ3v) is 3.03. The molecule has 1 amide bonds. The van der Waals surface area contributed by atoms with E-state index >= 15 is 0 Å². The molecule has 0 radical (unpaired) electrons. The molecule has 5 nitrogen and oxygen atoms in total. The Morgan fingerprint density at radius 2 is 2.21 bits per heavy atom. The van der Waals surface area contributed by atoms with Crippen molar-refractivity contribution < 1.29 is 14.3 Å². The van der Waals surface area contributed by atoms with Crippen LogP contribution in [0.3, 0.4) is 0 Å². The molecular weight excluding hydrogens is 244 g/mol. The highest BCUT2D eigenvalue weighted by atomic mass is 16.5. The van der Waals surface area contributed by atoms with E-state index in [1.807, 2.05) is 25.1 Å². The number of anilines is 1. The van der Waals surface area contributed by atoms with Crippen LogP contribution in [0.2, 0.25) is 0 Å². The van der Waals surface area contributed by atoms with Gasteiger partial charge in [-0.05, 0) is 12.6 Å². The average molecular weight is 264 g/mol. The smallest absolute Gasteiger partial charge is 0.246 e. The molecule has 1 atom stereocenters. The van der Waals surface area contributed by atoms with Gasteiger partial charge in [0.05, 0.1) is 6.61 Å². The highest BCUT2D eigenvalue weighted by Crippen LogP contribution is 2.33. The van der Waals surface area contributed by atoms with Crippen LogP contribution < -0.4 is 15.4 Å². The molecule has 1 heterocycles. The van der Waals surface area contributed by atoms with E-state index in [4.69, 9.17) is 9.47 Å². The van der Waals surface area contributed by atoms with Crippen molar-refractivity contribution in [2.45, 2.75) is 19.4 Å². The lowest BCUT2D eigenvalue weighted by molar-refractivity contribution is -0.117. The molecule has 1 aliphatic heterocycles. The Bertz CT molecular complexity index is 448. The minimum absolute atomic E-state index is 0.00613. The standard InChI is InChI=1S/C14H20N2O3/c1-3-15-13-11-6-5-10(19-8-4-7-18-2)9-12(11)16-14(13)17/h5-6,9,13,15H,3-4,7-8H2,1-2H3,(H,16,17). The first-order valence-corrected chi connectivity index (χ1v) is 6.56. The summed E-state index contributed by atoms with van der Waals surface area (Å²) in [6.45, 7) is 4.03. The van der Waals surface area contributed by atoms with Crippen molar-refractivity contribution in [1.29, 1.82) is 0 Å². The van der Waals surface area contributed by atoms with Crippen molar-refractivity contribution in [3.63, 3.8) is 0 Å². The van der Waals surface area contributed by atoms with E-state index in [0.717, 1.165) is 30.0 Å². The summed E-state index contributed by atoms with van der Waals surface area (Å²) in [6.07, 6.45) is 0.847. The molecule has 0 aliphatic carbocycles. The fourth-order valence-electron chi connectivity index (χ4n) is 2.13. The van der Waals surface area contributed by atoms with Crippen LogP contribution in [0.5, 0.6) is 5.75 Å². The van der Waals surface area contributed by atoms with Gasteiger partial charge >= 0.3 is 0 Å². The summed E-state index contributed by atoms with van der Waals surface area (Å²) >= 11 is 0. The highest BCUT2D eigenvalue weighted by Gasteiger charge is 2.29. The van der Waals surface area contributed by atoms with E-state index in [-0.39, 0.29) is 11.9 Å². The zero-order chi connectivity index (χ0) is 13.7. The second-order valence-corrected chi connectivity index (χ2v) is 4.42. The lowest BCUT2D eigenvalue weighted by Crippen LogP contribution is -2.27. The molecule has 1 aromatic carbocycles. The van der Waals surface area contributed by atoms with Gasteiger partial charge in [0.15, 0.2) is 0 Å². The quantitative estimate of drug-likeness (QED) is 0.736. The maximum absolute atomic E-state index is 11.8. The largest absolute Gasteiger partial charge is 0.493 e. The van der Waals surface area contributed by atoms with Gasteiger partial charge in [0.25, 0.3) is 0 Å². The predicted molar refractivity (Wildman–Crippen MR) is 73.5 cm³/mol. The van der Waals surface area contributed by atoms with Crippen molar-refractivity contribution in [2.75, 3.05) is 32.2 Å². The number of hydrogen-bond acceptors (Lipinski definition) is 4. The molecule has 0 aromatic heterocycles. The third-order valence-electron chi connectivity index (χ3n) is 3.03. The van der Waals surface area contributed by atoms with Gasteiger partial charge in [-0.2, -0.15) is 0 Å². The fourth-order valence-corrected chi connectivity index (χ4v) is 2.13. The summed E-state index contributed by atoms with van der Waals surface area (Å²) in [4.78, 5) is 11.8. The topological polar surface area (TPSA) is 59.6 Å². The third kappa shape index (κ3) is 3.24. The summed E-state index contributed by atoms with van der Waals surface area (Å²) in [7, 11) is 1.67. The summed E-state index contributed by atoms with van der Waals surface area (Å²) < 4.78 is 10.6. The number of amides is 1. The van der Waals surface area contributed by atoms with E-state index < -0.39 is 0 Å². The SMILES string of the molecule is CCNC1C(=O)Nc2cc(OCCCOC)ccc21. The maximum atomic E-state index is 11.8. The van der Waals surface area contributed by atoms with E-state index in [1.165, 1.54) is 0 Å². The maximum Gasteiger partial charge on any atom is 0.246 e. The van der Waals surface area contributed by atoms with E-state index in [9.17, 15) is 4.79 Å². The number of carbonyl (C=O) groups is 1. The Hall–Kier alpha value is -1.59. The first kappa shape index (κ1) is 13.8. The zero-order valence-electron chi connectivity index (χ0n) is 11.4. The Balaban J connectivity index is 2.01. The Morgan fingerprint density at radius 3 is 2.95 bits per heavy atom. The van der Waals surface area contributed by atoms with Gasteiger partial charge in [-0.1, -0.05) is 13.0 Å². The molecular formula is C14H20N2O3. The predicted octanol–water partition coefficient (Wildman–Crippen LogP) is 1.70. The number of likely N-dealkylation sites (N-methyl/N-ethyl adjacent to an activating group) is 1. The molecule has 2 rings (SSSR count). The van der Waals surface area contributed by atoms with Crippen molar-refractivity contribution in [3.05, 3.63) is 23.8 Å². The number of ether oxygens (including phenoxy) is 2. The van der Waals surface area contributed by atoms with Crippen molar-refractivity contribution in [1.82, 2.24) is 5.32 Å². The molecule has 0 saturated heterocycles. The first-order valence-electron chi connectivity index (χ1n) is 6.56. The number of carbonyl (C=O) groups excluding carboxylic acids is 1. The molecule has 2 N–H and O–H groups in total. The molecule has 0 saturated carbocycles. The summed E-state index contributed by atoms with van der Waals surface area (Å²) in [5.41, 5.74) is 1.82. The molecule has 1 unspecified atom stereocenters.